The Morgan fingerprint density at radius 2 is 2.00 bits per heavy atom. The Bertz CT molecular complexity index is 758. The summed E-state index contributed by atoms with van der Waals surface area (Å²) < 4.78 is 0.280. The summed E-state index contributed by atoms with van der Waals surface area (Å²) in [6.45, 7) is -0.408. The highest BCUT2D eigenvalue weighted by molar-refractivity contribution is 8.27. The second-order valence-electron chi connectivity index (χ2n) is 4.83. The molecule has 0 unspecified atom stereocenters. The second kappa shape index (κ2) is 6.38. The molecule has 1 aromatic rings. The second-order valence-corrected chi connectivity index (χ2v) is 7.34. The van der Waals surface area contributed by atoms with E-state index in [1.807, 2.05) is 47.7 Å². The molecule has 23 heavy (non-hydrogen) atoms. The summed E-state index contributed by atoms with van der Waals surface area (Å²) in [6, 6.07) is 9.87. The number of rotatable bonds is 3. The molecule has 0 atom stereocenters. The van der Waals surface area contributed by atoms with E-state index in [-0.39, 0.29) is 10.2 Å². The number of carbonyl (C=O) groups excluding carboxylic acids is 1. The quantitative estimate of drug-likeness (QED) is 0.654. The van der Waals surface area contributed by atoms with Gasteiger partial charge in [0.25, 0.3) is 5.91 Å². The maximum absolute atomic E-state index is 12.5. The molecular formula is C15H12N2O3S3. The minimum atomic E-state index is -1.08. The van der Waals surface area contributed by atoms with Gasteiger partial charge in [-0.1, -0.05) is 66.1 Å². The van der Waals surface area contributed by atoms with Crippen molar-refractivity contribution in [2.24, 2.45) is 0 Å². The number of carboxylic acids is 1. The average molecular weight is 364 g/mol. The minimum Gasteiger partial charge on any atom is -0.480 e. The fourth-order valence-electron chi connectivity index (χ4n) is 2.25. The number of amides is 1. The minimum absolute atomic E-state index is 0.280. The topological polar surface area (TPSA) is 60.9 Å². The molecular weight excluding hydrogens is 352 g/mol. The molecule has 118 valence electrons. The zero-order valence-corrected chi connectivity index (χ0v) is 14.5. The molecule has 0 saturated carbocycles. The summed E-state index contributed by atoms with van der Waals surface area (Å²) >= 11 is 7.73. The molecule has 2 heterocycles. The predicted octanol–water partition coefficient (Wildman–Crippen LogP) is 2.78. The van der Waals surface area contributed by atoms with Crippen LogP contribution in [-0.2, 0) is 9.59 Å². The Labute approximate surface area is 147 Å². The van der Waals surface area contributed by atoms with Crippen molar-refractivity contribution in [2.45, 2.75) is 0 Å². The van der Waals surface area contributed by atoms with E-state index in [9.17, 15) is 9.59 Å². The van der Waals surface area contributed by atoms with Gasteiger partial charge in [0.2, 0.25) is 0 Å². The van der Waals surface area contributed by atoms with Crippen molar-refractivity contribution < 1.29 is 14.7 Å². The lowest BCUT2D eigenvalue weighted by Gasteiger charge is -2.19. The highest BCUT2D eigenvalue weighted by Gasteiger charge is 2.38. The van der Waals surface area contributed by atoms with Crippen molar-refractivity contribution >= 4 is 57.6 Å². The van der Waals surface area contributed by atoms with Gasteiger partial charge in [-0.3, -0.25) is 14.5 Å². The van der Waals surface area contributed by atoms with Crippen LogP contribution in [0.5, 0.6) is 0 Å². The number of carboxylic acid groups (broad SMARTS) is 1. The largest absolute Gasteiger partial charge is 0.480 e. The molecule has 1 aromatic carbocycles. The first kappa shape index (κ1) is 16.1. The molecule has 0 spiro atoms. The molecule has 1 fully saturated rings. The molecule has 1 amide bonds. The van der Waals surface area contributed by atoms with Crippen LogP contribution in [0.3, 0.4) is 0 Å². The van der Waals surface area contributed by atoms with Gasteiger partial charge in [0.05, 0.1) is 10.7 Å². The number of carbonyl (C=O) groups is 2. The monoisotopic (exact) mass is 364 g/mol. The molecule has 1 N–H and O–H groups in total. The van der Waals surface area contributed by atoms with Gasteiger partial charge in [-0.15, -0.1) is 0 Å². The molecule has 5 nitrogen and oxygen atoms in total. The molecule has 1 saturated heterocycles. The zero-order valence-electron chi connectivity index (χ0n) is 12.1. The lowest BCUT2D eigenvalue weighted by Crippen LogP contribution is -2.33. The third kappa shape index (κ3) is 3.01. The highest BCUT2D eigenvalue weighted by atomic mass is 32.2. The van der Waals surface area contributed by atoms with E-state index in [2.05, 4.69) is 0 Å². The summed E-state index contributed by atoms with van der Waals surface area (Å²) in [4.78, 5) is 26.9. The first-order chi connectivity index (χ1) is 11.0. The first-order valence-corrected chi connectivity index (χ1v) is 8.75. The fourth-order valence-corrected chi connectivity index (χ4v) is 4.74. The van der Waals surface area contributed by atoms with Crippen LogP contribution in [0.15, 0.2) is 45.7 Å². The Balaban J connectivity index is 1.89. The van der Waals surface area contributed by atoms with E-state index in [1.54, 1.807) is 0 Å². The predicted molar refractivity (Wildman–Crippen MR) is 96.3 cm³/mol. The van der Waals surface area contributed by atoms with E-state index in [0.717, 1.165) is 33.0 Å². The van der Waals surface area contributed by atoms with Gasteiger partial charge < -0.3 is 10.0 Å². The third-order valence-corrected chi connectivity index (χ3v) is 5.96. The van der Waals surface area contributed by atoms with Gasteiger partial charge >= 0.3 is 5.97 Å². The van der Waals surface area contributed by atoms with Crippen LogP contribution in [0, 0.1) is 0 Å². The lowest BCUT2D eigenvalue weighted by molar-refractivity contribution is -0.140. The van der Waals surface area contributed by atoms with Crippen LogP contribution >= 0.6 is 35.7 Å². The van der Waals surface area contributed by atoms with Gasteiger partial charge in [-0.05, 0) is 5.56 Å². The Kier molecular flexibility index (Phi) is 4.47. The van der Waals surface area contributed by atoms with Gasteiger partial charge in [0.15, 0.2) is 0 Å². The van der Waals surface area contributed by atoms with Gasteiger partial charge in [-0.2, -0.15) is 0 Å². The molecule has 2 aliphatic rings. The van der Waals surface area contributed by atoms with Gasteiger partial charge in [0, 0.05) is 12.5 Å². The fraction of sp³-hybridized carbons (Fsp3) is 0.133. The van der Waals surface area contributed by atoms with Crippen LogP contribution in [0.1, 0.15) is 5.56 Å². The third-order valence-electron chi connectivity index (χ3n) is 3.35. The van der Waals surface area contributed by atoms with Crippen LogP contribution in [0.25, 0.3) is 5.70 Å². The number of benzene rings is 1. The van der Waals surface area contributed by atoms with E-state index >= 15 is 0 Å². The SMILES string of the molecule is CN1C(c2ccccc2)=CSC1=C1SC(=S)N(CC(=O)O)C1=O. The maximum Gasteiger partial charge on any atom is 0.323 e. The van der Waals surface area contributed by atoms with Crippen molar-refractivity contribution in [1.29, 1.82) is 0 Å². The summed E-state index contributed by atoms with van der Waals surface area (Å²) in [6.07, 6.45) is 0. The van der Waals surface area contributed by atoms with E-state index in [0.29, 0.717) is 4.91 Å². The maximum atomic E-state index is 12.5. The van der Waals surface area contributed by atoms with Crippen molar-refractivity contribution in [3.63, 3.8) is 0 Å². The van der Waals surface area contributed by atoms with Gasteiger partial charge in [-0.25, -0.2) is 0 Å². The molecule has 0 aromatic heterocycles. The van der Waals surface area contributed by atoms with Crippen LogP contribution < -0.4 is 0 Å². The van der Waals surface area contributed by atoms with E-state index in [4.69, 9.17) is 17.3 Å². The summed E-state index contributed by atoms with van der Waals surface area (Å²) in [5.41, 5.74) is 2.05. The normalized spacial score (nSPS) is 21.2. The Morgan fingerprint density at radius 1 is 1.30 bits per heavy atom. The van der Waals surface area contributed by atoms with Crippen LogP contribution in [0.2, 0.25) is 0 Å². The van der Waals surface area contributed by atoms with E-state index in [1.165, 1.54) is 11.8 Å². The number of hydrogen-bond donors (Lipinski definition) is 1. The number of thioether (sulfide) groups is 2. The number of aliphatic carboxylic acids is 1. The lowest BCUT2D eigenvalue weighted by atomic mass is 10.1. The van der Waals surface area contributed by atoms with Crippen LogP contribution in [0.4, 0.5) is 0 Å². The van der Waals surface area contributed by atoms with Crippen molar-refractivity contribution in [3.05, 3.63) is 51.2 Å². The first-order valence-electron chi connectivity index (χ1n) is 6.64. The standard InChI is InChI=1S/C15H12N2O3S3/c1-16-10(9-5-3-2-4-6-9)8-22-14(16)12-13(20)17(7-11(18)19)15(21)23-12/h2-6,8H,7H2,1H3,(H,18,19). The summed E-state index contributed by atoms with van der Waals surface area (Å²) in [5.74, 6) is -1.43. The van der Waals surface area contributed by atoms with Crippen LogP contribution in [-0.4, -0.2) is 44.7 Å². The molecule has 0 radical (unpaired) electrons. The Hall–Kier alpha value is -1.77. The summed E-state index contributed by atoms with van der Waals surface area (Å²) in [7, 11) is 1.89. The van der Waals surface area contributed by atoms with Gasteiger partial charge in [0.1, 0.15) is 15.8 Å². The molecule has 3 rings (SSSR count). The number of nitrogens with zero attached hydrogens (tertiary/aromatic N) is 2. The average Bonchev–Trinajstić information content (AvgIpc) is 3.03. The number of thiocarbonyl (C=S) groups is 1. The molecule has 0 bridgehead atoms. The molecule has 2 aliphatic heterocycles. The number of hydrogen-bond acceptors (Lipinski definition) is 6. The Morgan fingerprint density at radius 3 is 2.65 bits per heavy atom. The molecule has 0 aliphatic carbocycles. The van der Waals surface area contributed by atoms with E-state index < -0.39 is 12.5 Å². The van der Waals surface area contributed by atoms with Crippen molar-refractivity contribution in [1.82, 2.24) is 9.80 Å². The smallest absolute Gasteiger partial charge is 0.323 e. The van der Waals surface area contributed by atoms with Crippen molar-refractivity contribution in [2.75, 3.05) is 13.6 Å². The molecule has 8 heteroatoms. The highest BCUT2D eigenvalue weighted by Crippen LogP contribution is 2.45. The zero-order chi connectivity index (χ0) is 16.6. The van der Waals surface area contributed by atoms with Crippen molar-refractivity contribution in [3.8, 4) is 0 Å². The summed E-state index contributed by atoms with van der Waals surface area (Å²) in [5, 5.41) is 11.7.